The van der Waals surface area contributed by atoms with E-state index in [1.165, 1.54) is 71.1 Å². The number of carbonyl (C=O) groups is 1. The highest BCUT2D eigenvalue weighted by Crippen LogP contribution is 2.28. The Morgan fingerprint density at radius 1 is 1.00 bits per heavy atom. The minimum Gasteiger partial charge on any atom is -0.349 e. The van der Waals surface area contributed by atoms with Gasteiger partial charge in [0.2, 0.25) is 0 Å². The summed E-state index contributed by atoms with van der Waals surface area (Å²) in [6, 6.07) is 6.66. The molecular weight excluding hydrogens is 400 g/mol. The van der Waals surface area contributed by atoms with Gasteiger partial charge in [0.15, 0.2) is 5.82 Å². The molecule has 1 aliphatic heterocycles. The van der Waals surface area contributed by atoms with Crippen LogP contribution in [0.3, 0.4) is 0 Å². The van der Waals surface area contributed by atoms with Crippen LogP contribution in [0, 0.1) is 5.92 Å². The van der Waals surface area contributed by atoms with Crippen molar-refractivity contribution in [2.45, 2.75) is 63.5 Å². The zero-order chi connectivity index (χ0) is 21.8. The molecule has 2 aliphatic carbocycles. The number of rotatable bonds is 6. The Labute approximate surface area is 191 Å². The second-order valence-corrected chi connectivity index (χ2v) is 9.76. The summed E-state index contributed by atoms with van der Waals surface area (Å²) in [7, 11) is 0. The minimum atomic E-state index is -0.00697. The highest BCUT2D eigenvalue weighted by atomic mass is 16.1. The fraction of sp³-hybridized carbons (Fsp3) is 0.640. The van der Waals surface area contributed by atoms with Crippen LogP contribution in [0.25, 0.3) is 5.82 Å². The molecule has 0 aromatic carbocycles. The van der Waals surface area contributed by atoms with Crippen LogP contribution in [0.2, 0.25) is 0 Å². The lowest BCUT2D eigenvalue weighted by molar-refractivity contribution is 0.0713. The van der Waals surface area contributed by atoms with Crippen LogP contribution in [0.1, 0.15) is 61.7 Å². The Kier molecular flexibility index (Phi) is 6.83. The van der Waals surface area contributed by atoms with Gasteiger partial charge in [0, 0.05) is 63.4 Å². The van der Waals surface area contributed by atoms with Gasteiger partial charge in [-0.05, 0) is 49.8 Å². The first kappa shape index (κ1) is 21.6. The Hall–Kier alpha value is -2.25. The van der Waals surface area contributed by atoms with Crippen molar-refractivity contribution < 1.29 is 4.79 Å². The summed E-state index contributed by atoms with van der Waals surface area (Å²) in [5.74, 6) is 1.26. The standard InChI is InChI=1S/C25H36N6O/c32-25(20-10-11-24(26-18-20)31-13-5-12-27-31)28-23-9-4-1-6-21(23)19-29-14-16-30(17-15-29)22-7-2-3-8-22/h5,10-13,18,21-23H,1-4,6-9,14-17,19H2,(H,28,32)/t21-,23+/m0/s1. The first-order chi connectivity index (χ1) is 15.8. The van der Waals surface area contributed by atoms with Crippen molar-refractivity contribution in [2.24, 2.45) is 5.92 Å². The molecule has 1 saturated heterocycles. The number of nitrogens with one attached hydrogen (secondary N) is 1. The summed E-state index contributed by atoms with van der Waals surface area (Å²) in [6.45, 7) is 5.88. The Balaban J connectivity index is 1.14. The van der Waals surface area contributed by atoms with E-state index in [-0.39, 0.29) is 11.9 Å². The molecule has 0 unspecified atom stereocenters. The molecule has 0 spiro atoms. The van der Waals surface area contributed by atoms with Gasteiger partial charge in [-0.1, -0.05) is 25.7 Å². The number of amides is 1. The van der Waals surface area contributed by atoms with Crippen molar-refractivity contribution in [3.8, 4) is 5.82 Å². The van der Waals surface area contributed by atoms with Crippen LogP contribution in [-0.4, -0.2) is 75.3 Å². The first-order valence-electron chi connectivity index (χ1n) is 12.5. The van der Waals surface area contributed by atoms with Crippen LogP contribution < -0.4 is 5.32 Å². The number of piperazine rings is 1. The zero-order valence-corrected chi connectivity index (χ0v) is 19.0. The highest BCUT2D eigenvalue weighted by molar-refractivity contribution is 5.94. The number of carbonyl (C=O) groups excluding carboxylic acids is 1. The molecule has 3 aliphatic rings. The molecule has 0 bridgehead atoms. The van der Waals surface area contributed by atoms with Gasteiger partial charge in [-0.15, -0.1) is 0 Å². The molecule has 2 saturated carbocycles. The molecule has 3 heterocycles. The number of pyridine rings is 1. The maximum atomic E-state index is 12.9. The summed E-state index contributed by atoms with van der Waals surface area (Å²) < 4.78 is 1.70. The molecule has 1 N–H and O–H groups in total. The van der Waals surface area contributed by atoms with Gasteiger partial charge in [-0.3, -0.25) is 9.69 Å². The monoisotopic (exact) mass is 436 g/mol. The van der Waals surface area contributed by atoms with Crippen LogP contribution >= 0.6 is 0 Å². The zero-order valence-electron chi connectivity index (χ0n) is 19.0. The molecule has 7 heteroatoms. The number of nitrogens with zero attached hydrogens (tertiary/aromatic N) is 5. The van der Waals surface area contributed by atoms with Crippen molar-refractivity contribution in [2.75, 3.05) is 32.7 Å². The van der Waals surface area contributed by atoms with Crippen molar-refractivity contribution >= 4 is 5.91 Å². The maximum absolute atomic E-state index is 12.9. The molecule has 2 atom stereocenters. The SMILES string of the molecule is O=C(N[C@@H]1CCCC[C@H]1CN1CCN(C2CCCC2)CC1)c1ccc(-n2cccn2)nc1. The lowest BCUT2D eigenvalue weighted by atomic mass is 9.83. The molecule has 2 aromatic rings. The molecule has 32 heavy (non-hydrogen) atoms. The topological polar surface area (TPSA) is 66.3 Å². The van der Waals surface area contributed by atoms with Crippen LogP contribution in [-0.2, 0) is 0 Å². The predicted octanol–water partition coefficient (Wildman–Crippen LogP) is 3.12. The third kappa shape index (κ3) is 5.04. The molecule has 5 rings (SSSR count). The second-order valence-electron chi connectivity index (χ2n) is 9.76. The Morgan fingerprint density at radius 2 is 1.78 bits per heavy atom. The average Bonchev–Trinajstić information content (AvgIpc) is 3.56. The Morgan fingerprint density at radius 3 is 2.50 bits per heavy atom. The second kappa shape index (κ2) is 10.1. The minimum absolute atomic E-state index is 0.00697. The summed E-state index contributed by atoms with van der Waals surface area (Å²) in [5, 5.41) is 7.54. The van der Waals surface area contributed by atoms with E-state index in [0.717, 1.165) is 24.8 Å². The van der Waals surface area contributed by atoms with Crippen LogP contribution in [0.4, 0.5) is 0 Å². The maximum Gasteiger partial charge on any atom is 0.253 e. The summed E-state index contributed by atoms with van der Waals surface area (Å²) in [4.78, 5) is 22.7. The predicted molar refractivity (Wildman–Crippen MR) is 125 cm³/mol. The van der Waals surface area contributed by atoms with Crippen LogP contribution in [0.15, 0.2) is 36.8 Å². The fourth-order valence-electron chi connectivity index (χ4n) is 5.84. The smallest absolute Gasteiger partial charge is 0.253 e. The van der Waals surface area contributed by atoms with E-state index in [0.29, 0.717) is 11.5 Å². The van der Waals surface area contributed by atoms with E-state index in [2.05, 4.69) is 25.2 Å². The molecule has 172 valence electrons. The van der Waals surface area contributed by atoms with E-state index in [4.69, 9.17) is 0 Å². The van der Waals surface area contributed by atoms with E-state index in [9.17, 15) is 4.79 Å². The van der Waals surface area contributed by atoms with Crippen molar-refractivity contribution in [3.05, 3.63) is 42.4 Å². The number of aromatic nitrogens is 3. The van der Waals surface area contributed by atoms with Gasteiger partial charge in [0.25, 0.3) is 5.91 Å². The van der Waals surface area contributed by atoms with Gasteiger partial charge < -0.3 is 10.2 Å². The normalized spacial score (nSPS) is 25.8. The third-order valence-corrected chi connectivity index (χ3v) is 7.72. The summed E-state index contributed by atoms with van der Waals surface area (Å²) in [5.41, 5.74) is 0.621. The van der Waals surface area contributed by atoms with Gasteiger partial charge in [0.05, 0.1) is 5.56 Å². The molecular formula is C25H36N6O. The lowest BCUT2D eigenvalue weighted by Crippen LogP contribution is -2.53. The van der Waals surface area contributed by atoms with Crippen molar-refractivity contribution in [3.63, 3.8) is 0 Å². The molecule has 7 nitrogen and oxygen atoms in total. The average molecular weight is 437 g/mol. The van der Waals surface area contributed by atoms with Crippen LogP contribution in [0.5, 0.6) is 0 Å². The van der Waals surface area contributed by atoms with Gasteiger partial charge >= 0.3 is 0 Å². The van der Waals surface area contributed by atoms with Gasteiger partial charge in [0.1, 0.15) is 0 Å². The first-order valence-corrected chi connectivity index (χ1v) is 12.5. The van der Waals surface area contributed by atoms with Crippen molar-refractivity contribution in [1.29, 1.82) is 0 Å². The Bertz CT molecular complexity index is 853. The van der Waals surface area contributed by atoms with E-state index < -0.39 is 0 Å². The largest absolute Gasteiger partial charge is 0.349 e. The number of hydrogen-bond acceptors (Lipinski definition) is 5. The third-order valence-electron chi connectivity index (χ3n) is 7.72. The molecule has 0 radical (unpaired) electrons. The quantitative estimate of drug-likeness (QED) is 0.754. The van der Waals surface area contributed by atoms with Gasteiger partial charge in [-0.25, -0.2) is 9.67 Å². The summed E-state index contributed by atoms with van der Waals surface area (Å²) in [6.07, 6.45) is 15.6. The number of hydrogen-bond donors (Lipinski definition) is 1. The van der Waals surface area contributed by atoms with Gasteiger partial charge in [-0.2, -0.15) is 5.10 Å². The van der Waals surface area contributed by atoms with E-state index in [1.807, 2.05) is 24.4 Å². The van der Waals surface area contributed by atoms with E-state index >= 15 is 0 Å². The van der Waals surface area contributed by atoms with E-state index in [1.54, 1.807) is 17.1 Å². The molecule has 1 amide bonds. The lowest BCUT2D eigenvalue weighted by Gasteiger charge is -2.41. The molecule has 2 aromatic heterocycles. The van der Waals surface area contributed by atoms with Crippen molar-refractivity contribution in [1.82, 2.24) is 29.9 Å². The highest BCUT2D eigenvalue weighted by Gasteiger charge is 2.31. The summed E-state index contributed by atoms with van der Waals surface area (Å²) >= 11 is 0. The molecule has 3 fully saturated rings. The fourth-order valence-corrected chi connectivity index (χ4v) is 5.84.